The fraction of sp³-hybridized carbons (Fsp3) is 0.281. The summed E-state index contributed by atoms with van der Waals surface area (Å²) in [5, 5.41) is 16.2. The standard InChI is InChI=1S/C32H32N4O5/c1-3-9-25-18-23(19-29(40-2)30(25)41-21-22-14-16-26(17-15-22)36(38)39)20-33-35-31(24-10-5-4-6-11-24)34-28-13-8-7-12-27(28)32(35)37/h3,7-8,12-20,24H,1,4-6,9-11,21H2,2H3. The summed E-state index contributed by atoms with van der Waals surface area (Å²) in [5.74, 6) is 1.93. The van der Waals surface area contributed by atoms with Crippen molar-refractivity contribution in [3.63, 3.8) is 0 Å². The van der Waals surface area contributed by atoms with E-state index in [1.165, 1.54) is 23.2 Å². The molecular formula is C32H32N4O5. The van der Waals surface area contributed by atoms with Crippen LogP contribution in [0.4, 0.5) is 5.69 Å². The number of nitro groups is 1. The average molecular weight is 553 g/mol. The summed E-state index contributed by atoms with van der Waals surface area (Å²) in [4.78, 5) is 29.0. The van der Waals surface area contributed by atoms with Crippen molar-refractivity contribution in [1.82, 2.24) is 9.66 Å². The number of nitrogens with zero attached hydrogens (tertiary/aromatic N) is 4. The number of benzene rings is 3. The van der Waals surface area contributed by atoms with Crippen LogP contribution in [0.5, 0.6) is 11.5 Å². The van der Waals surface area contributed by atoms with Crippen LogP contribution in [-0.2, 0) is 13.0 Å². The van der Waals surface area contributed by atoms with E-state index in [2.05, 4.69) is 11.7 Å². The lowest BCUT2D eigenvalue weighted by Gasteiger charge is -2.22. The second-order valence-corrected chi connectivity index (χ2v) is 10.1. The van der Waals surface area contributed by atoms with E-state index in [4.69, 9.17) is 14.5 Å². The molecule has 0 saturated heterocycles. The predicted molar refractivity (Wildman–Crippen MR) is 159 cm³/mol. The van der Waals surface area contributed by atoms with Gasteiger partial charge >= 0.3 is 0 Å². The maximum Gasteiger partial charge on any atom is 0.282 e. The first-order chi connectivity index (χ1) is 20.0. The van der Waals surface area contributed by atoms with Gasteiger partial charge in [-0.05, 0) is 66.8 Å². The van der Waals surface area contributed by atoms with Gasteiger partial charge in [0.15, 0.2) is 11.5 Å². The van der Waals surface area contributed by atoms with Crippen molar-refractivity contribution in [2.24, 2.45) is 5.10 Å². The highest BCUT2D eigenvalue weighted by molar-refractivity contribution is 5.82. The molecule has 0 spiro atoms. The normalized spacial score (nSPS) is 13.9. The van der Waals surface area contributed by atoms with Crippen molar-refractivity contribution in [2.45, 2.75) is 51.0 Å². The molecule has 0 unspecified atom stereocenters. The molecule has 9 nitrogen and oxygen atoms in total. The lowest BCUT2D eigenvalue weighted by atomic mass is 9.88. The highest BCUT2D eigenvalue weighted by Gasteiger charge is 2.22. The first kappa shape index (κ1) is 27.8. The molecular weight excluding hydrogens is 520 g/mol. The van der Waals surface area contributed by atoms with Crippen LogP contribution in [0.2, 0.25) is 0 Å². The first-order valence-electron chi connectivity index (χ1n) is 13.7. The number of hydrogen-bond donors (Lipinski definition) is 0. The zero-order valence-electron chi connectivity index (χ0n) is 23.0. The van der Waals surface area contributed by atoms with Crippen LogP contribution in [0.25, 0.3) is 10.9 Å². The van der Waals surface area contributed by atoms with Crippen molar-refractivity contribution >= 4 is 22.8 Å². The van der Waals surface area contributed by atoms with E-state index in [0.29, 0.717) is 34.6 Å². The van der Waals surface area contributed by atoms with E-state index in [1.807, 2.05) is 24.3 Å². The molecule has 0 atom stereocenters. The lowest BCUT2D eigenvalue weighted by Crippen LogP contribution is -2.25. The Balaban J connectivity index is 1.49. The largest absolute Gasteiger partial charge is 0.493 e. The SMILES string of the molecule is C=CCc1cc(C=Nn2c(C3CCCCC3)nc3ccccc3c2=O)cc(OC)c1OCc1ccc([N+](=O)[O-])cc1. The third kappa shape index (κ3) is 6.19. The molecule has 1 heterocycles. The van der Waals surface area contributed by atoms with E-state index in [9.17, 15) is 14.9 Å². The van der Waals surface area contributed by atoms with Gasteiger partial charge in [-0.1, -0.05) is 37.5 Å². The van der Waals surface area contributed by atoms with E-state index >= 15 is 0 Å². The summed E-state index contributed by atoms with van der Waals surface area (Å²) in [5.41, 5.74) is 2.87. The Hall–Kier alpha value is -4.79. The topological polar surface area (TPSA) is 109 Å². The zero-order chi connectivity index (χ0) is 28.8. The van der Waals surface area contributed by atoms with Gasteiger partial charge in [0.05, 0.1) is 29.2 Å². The van der Waals surface area contributed by atoms with Crippen molar-refractivity contribution in [3.8, 4) is 11.5 Å². The van der Waals surface area contributed by atoms with Gasteiger partial charge in [-0.3, -0.25) is 14.9 Å². The van der Waals surface area contributed by atoms with Gasteiger partial charge in [0.25, 0.3) is 11.2 Å². The molecule has 4 aromatic rings. The van der Waals surface area contributed by atoms with Crippen LogP contribution in [0, 0.1) is 10.1 Å². The van der Waals surface area contributed by atoms with Crippen molar-refractivity contribution in [3.05, 3.63) is 116 Å². The van der Waals surface area contributed by atoms with Gasteiger partial charge < -0.3 is 9.47 Å². The Kier molecular flexibility index (Phi) is 8.53. The fourth-order valence-electron chi connectivity index (χ4n) is 5.25. The van der Waals surface area contributed by atoms with Crippen LogP contribution < -0.4 is 15.0 Å². The van der Waals surface area contributed by atoms with Gasteiger partial charge in [-0.25, -0.2) is 4.98 Å². The molecule has 210 valence electrons. The maximum atomic E-state index is 13.6. The zero-order valence-corrected chi connectivity index (χ0v) is 23.0. The summed E-state index contributed by atoms with van der Waals surface area (Å²) in [6, 6.07) is 17.3. The second-order valence-electron chi connectivity index (χ2n) is 10.1. The summed E-state index contributed by atoms with van der Waals surface area (Å²) in [6.45, 7) is 4.08. The van der Waals surface area contributed by atoms with Gasteiger partial charge in [-0.15, -0.1) is 6.58 Å². The molecule has 0 bridgehead atoms. The summed E-state index contributed by atoms with van der Waals surface area (Å²) >= 11 is 0. The number of non-ortho nitro benzene ring substituents is 1. The van der Waals surface area contributed by atoms with Crippen molar-refractivity contribution in [1.29, 1.82) is 0 Å². The molecule has 5 rings (SSSR count). The number of allylic oxidation sites excluding steroid dienone is 1. The minimum absolute atomic E-state index is 0.0229. The van der Waals surface area contributed by atoms with Crippen molar-refractivity contribution in [2.75, 3.05) is 7.11 Å². The number of nitro benzene ring substituents is 1. The van der Waals surface area contributed by atoms with E-state index in [-0.39, 0.29) is 23.8 Å². The first-order valence-corrected chi connectivity index (χ1v) is 13.7. The Morgan fingerprint density at radius 2 is 1.88 bits per heavy atom. The minimum atomic E-state index is -0.434. The Bertz CT molecular complexity index is 1650. The minimum Gasteiger partial charge on any atom is -0.493 e. The van der Waals surface area contributed by atoms with Gasteiger partial charge in [0, 0.05) is 23.6 Å². The highest BCUT2D eigenvalue weighted by Crippen LogP contribution is 2.35. The second kappa shape index (κ2) is 12.6. The highest BCUT2D eigenvalue weighted by atomic mass is 16.6. The molecule has 3 aromatic carbocycles. The quantitative estimate of drug-likeness (QED) is 0.0955. The Morgan fingerprint density at radius 3 is 2.59 bits per heavy atom. The van der Waals surface area contributed by atoms with Crippen molar-refractivity contribution < 1.29 is 14.4 Å². The number of fused-ring (bicyclic) bond motifs is 1. The molecule has 1 saturated carbocycles. The van der Waals surface area contributed by atoms with Gasteiger partial charge in [0.1, 0.15) is 12.4 Å². The van der Waals surface area contributed by atoms with E-state index in [0.717, 1.165) is 42.4 Å². The lowest BCUT2D eigenvalue weighted by molar-refractivity contribution is -0.384. The molecule has 0 aliphatic heterocycles. The number of rotatable bonds is 10. The molecule has 1 aliphatic carbocycles. The number of methoxy groups -OCH3 is 1. The third-order valence-electron chi connectivity index (χ3n) is 7.34. The number of para-hydroxylation sites is 1. The molecule has 41 heavy (non-hydrogen) atoms. The summed E-state index contributed by atoms with van der Waals surface area (Å²) < 4.78 is 13.3. The Labute approximate surface area is 237 Å². The number of ether oxygens (including phenoxy) is 2. The molecule has 1 aromatic heterocycles. The maximum absolute atomic E-state index is 13.6. The summed E-state index contributed by atoms with van der Waals surface area (Å²) in [7, 11) is 1.56. The third-order valence-corrected chi connectivity index (χ3v) is 7.34. The smallest absolute Gasteiger partial charge is 0.282 e. The van der Waals surface area contributed by atoms with Crippen LogP contribution in [-0.4, -0.2) is 27.9 Å². The van der Waals surface area contributed by atoms with Crippen LogP contribution in [0.3, 0.4) is 0 Å². The van der Waals surface area contributed by atoms with E-state index < -0.39 is 4.92 Å². The number of hydrogen-bond acceptors (Lipinski definition) is 7. The Morgan fingerprint density at radius 1 is 1.12 bits per heavy atom. The van der Waals surface area contributed by atoms with Gasteiger partial charge in [0.2, 0.25) is 0 Å². The molecule has 0 amide bonds. The molecule has 9 heteroatoms. The molecule has 1 aliphatic rings. The van der Waals surface area contributed by atoms with Crippen LogP contribution in [0.15, 0.2) is 83.2 Å². The molecule has 0 radical (unpaired) electrons. The molecule has 1 fully saturated rings. The monoisotopic (exact) mass is 552 g/mol. The van der Waals surface area contributed by atoms with Crippen LogP contribution >= 0.6 is 0 Å². The van der Waals surface area contributed by atoms with E-state index in [1.54, 1.807) is 43.7 Å². The van der Waals surface area contributed by atoms with Gasteiger partial charge in [-0.2, -0.15) is 9.78 Å². The molecule has 0 N–H and O–H groups in total. The predicted octanol–water partition coefficient (Wildman–Crippen LogP) is 6.55. The average Bonchev–Trinajstić information content (AvgIpc) is 3.00. The number of aromatic nitrogens is 2. The van der Waals surface area contributed by atoms with Crippen LogP contribution in [0.1, 0.15) is 60.5 Å². The fourth-order valence-corrected chi connectivity index (χ4v) is 5.25. The summed E-state index contributed by atoms with van der Waals surface area (Å²) in [6.07, 6.45) is 9.32.